The van der Waals surface area contributed by atoms with E-state index in [4.69, 9.17) is 21.1 Å². The normalized spacial score (nSPS) is 13.4. The average Bonchev–Trinajstić information content (AvgIpc) is 2.75. The van der Waals surface area contributed by atoms with E-state index >= 15 is 0 Å². The molecule has 0 aliphatic carbocycles. The molecule has 3 nitrogen and oxygen atoms in total. The molecule has 1 aromatic rings. The molecule has 1 N–H and O–H groups in total. The fourth-order valence-electron chi connectivity index (χ4n) is 1.99. The number of ether oxygens (including phenoxy) is 2. The van der Waals surface area contributed by atoms with Crippen LogP contribution in [0.3, 0.4) is 0 Å². The van der Waals surface area contributed by atoms with Crippen LogP contribution in [0.15, 0.2) is 6.07 Å². The van der Waals surface area contributed by atoms with Crippen molar-refractivity contribution in [3.05, 3.63) is 22.2 Å². The van der Waals surface area contributed by atoms with E-state index in [1.165, 1.54) is 0 Å². The molecule has 1 aliphatic heterocycles. The van der Waals surface area contributed by atoms with Gasteiger partial charge in [-0.3, -0.25) is 0 Å². The van der Waals surface area contributed by atoms with Gasteiger partial charge in [-0.05, 0) is 26.1 Å². The van der Waals surface area contributed by atoms with Gasteiger partial charge in [-0.2, -0.15) is 0 Å². The lowest BCUT2D eigenvalue weighted by atomic mass is 10.1. The first-order valence-electron chi connectivity index (χ1n) is 5.43. The van der Waals surface area contributed by atoms with Crippen LogP contribution < -0.4 is 14.8 Å². The summed E-state index contributed by atoms with van der Waals surface area (Å²) in [5, 5.41) is 3.83. The number of likely N-dealkylation sites (N-methyl/N-ethyl adjacent to an activating group) is 1. The molecule has 1 aliphatic rings. The van der Waals surface area contributed by atoms with Crippen molar-refractivity contribution in [2.75, 3.05) is 27.3 Å². The Hall–Kier alpha value is -0.930. The van der Waals surface area contributed by atoms with Gasteiger partial charge in [-0.25, -0.2) is 0 Å². The monoisotopic (exact) mass is 241 g/mol. The van der Waals surface area contributed by atoms with E-state index in [0.717, 1.165) is 42.0 Å². The first-order chi connectivity index (χ1) is 7.77. The summed E-state index contributed by atoms with van der Waals surface area (Å²) in [6.07, 6.45) is 1.76. The average molecular weight is 242 g/mol. The zero-order valence-electron chi connectivity index (χ0n) is 9.60. The van der Waals surface area contributed by atoms with Gasteiger partial charge >= 0.3 is 0 Å². The van der Waals surface area contributed by atoms with Gasteiger partial charge < -0.3 is 14.8 Å². The Morgan fingerprint density at radius 1 is 1.56 bits per heavy atom. The van der Waals surface area contributed by atoms with Crippen molar-refractivity contribution in [2.24, 2.45) is 0 Å². The van der Waals surface area contributed by atoms with Crippen LogP contribution in [0.5, 0.6) is 11.5 Å². The van der Waals surface area contributed by atoms with Crippen LogP contribution in [0.25, 0.3) is 0 Å². The third kappa shape index (κ3) is 1.97. The van der Waals surface area contributed by atoms with Crippen molar-refractivity contribution >= 4 is 11.6 Å². The highest BCUT2D eigenvalue weighted by molar-refractivity contribution is 6.33. The van der Waals surface area contributed by atoms with Crippen LogP contribution in [-0.4, -0.2) is 27.3 Å². The van der Waals surface area contributed by atoms with Crippen LogP contribution in [0.4, 0.5) is 0 Å². The molecule has 1 heterocycles. The highest BCUT2D eigenvalue weighted by atomic mass is 35.5. The molecule has 0 aromatic heterocycles. The van der Waals surface area contributed by atoms with Crippen LogP contribution in [-0.2, 0) is 12.8 Å². The molecule has 0 fully saturated rings. The van der Waals surface area contributed by atoms with Crippen molar-refractivity contribution in [1.29, 1.82) is 0 Å². The first-order valence-corrected chi connectivity index (χ1v) is 5.81. The smallest absolute Gasteiger partial charge is 0.141 e. The zero-order chi connectivity index (χ0) is 11.5. The van der Waals surface area contributed by atoms with Crippen LogP contribution >= 0.6 is 11.6 Å². The SMILES string of the molecule is CNCCc1cc2c(c(Cl)c1OC)CCO2. The number of halogens is 1. The molecular weight excluding hydrogens is 226 g/mol. The molecule has 88 valence electrons. The maximum Gasteiger partial charge on any atom is 0.141 e. The van der Waals surface area contributed by atoms with Gasteiger partial charge in [0.15, 0.2) is 0 Å². The van der Waals surface area contributed by atoms with Crippen molar-refractivity contribution in [3.8, 4) is 11.5 Å². The molecule has 0 saturated carbocycles. The Labute approximate surface area is 101 Å². The lowest BCUT2D eigenvalue weighted by Gasteiger charge is -2.13. The Morgan fingerprint density at radius 2 is 2.38 bits per heavy atom. The summed E-state index contributed by atoms with van der Waals surface area (Å²) in [5.41, 5.74) is 2.18. The fraction of sp³-hybridized carbons (Fsp3) is 0.500. The van der Waals surface area contributed by atoms with Gasteiger partial charge in [0, 0.05) is 17.5 Å². The Morgan fingerprint density at radius 3 is 3.06 bits per heavy atom. The zero-order valence-corrected chi connectivity index (χ0v) is 10.4. The van der Waals surface area contributed by atoms with Crippen LogP contribution in [0.2, 0.25) is 5.02 Å². The summed E-state index contributed by atoms with van der Waals surface area (Å²) in [6, 6.07) is 2.05. The predicted octanol–water partition coefficient (Wildman–Crippen LogP) is 2.05. The Balaban J connectivity index is 2.39. The second kappa shape index (κ2) is 4.93. The van der Waals surface area contributed by atoms with E-state index in [2.05, 4.69) is 5.32 Å². The second-order valence-corrected chi connectivity index (χ2v) is 4.19. The summed E-state index contributed by atoms with van der Waals surface area (Å²) in [6.45, 7) is 1.61. The number of nitrogens with one attached hydrogen (secondary N) is 1. The molecule has 0 saturated heterocycles. The number of methoxy groups -OCH3 is 1. The molecular formula is C12H16ClNO2. The van der Waals surface area contributed by atoms with E-state index in [0.29, 0.717) is 11.6 Å². The van der Waals surface area contributed by atoms with Gasteiger partial charge in [0.2, 0.25) is 0 Å². The van der Waals surface area contributed by atoms with Gasteiger partial charge in [-0.1, -0.05) is 11.6 Å². The maximum atomic E-state index is 6.31. The second-order valence-electron chi connectivity index (χ2n) is 3.81. The van der Waals surface area contributed by atoms with Gasteiger partial charge in [0.05, 0.1) is 18.7 Å². The minimum Gasteiger partial charge on any atom is -0.495 e. The third-order valence-electron chi connectivity index (χ3n) is 2.82. The summed E-state index contributed by atoms with van der Waals surface area (Å²) >= 11 is 6.31. The molecule has 0 spiro atoms. The lowest BCUT2D eigenvalue weighted by Crippen LogP contribution is -2.11. The van der Waals surface area contributed by atoms with Crippen molar-refractivity contribution in [3.63, 3.8) is 0 Å². The first kappa shape index (κ1) is 11.6. The van der Waals surface area contributed by atoms with E-state index in [1.54, 1.807) is 7.11 Å². The van der Waals surface area contributed by atoms with E-state index < -0.39 is 0 Å². The predicted molar refractivity (Wildman–Crippen MR) is 64.8 cm³/mol. The van der Waals surface area contributed by atoms with Crippen LogP contribution in [0.1, 0.15) is 11.1 Å². The fourth-order valence-corrected chi connectivity index (χ4v) is 2.37. The molecule has 1 aromatic carbocycles. The number of rotatable bonds is 4. The quantitative estimate of drug-likeness (QED) is 0.875. The van der Waals surface area contributed by atoms with Gasteiger partial charge in [0.25, 0.3) is 0 Å². The number of fused-ring (bicyclic) bond motifs is 1. The van der Waals surface area contributed by atoms with E-state index in [-0.39, 0.29) is 0 Å². The molecule has 16 heavy (non-hydrogen) atoms. The minimum atomic E-state index is 0.712. The van der Waals surface area contributed by atoms with Crippen molar-refractivity contribution in [2.45, 2.75) is 12.8 Å². The molecule has 0 radical (unpaired) electrons. The largest absolute Gasteiger partial charge is 0.495 e. The van der Waals surface area contributed by atoms with Crippen LogP contribution in [0, 0.1) is 0 Å². The third-order valence-corrected chi connectivity index (χ3v) is 3.22. The molecule has 0 unspecified atom stereocenters. The highest BCUT2D eigenvalue weighted by Crippen LogP contribution is 2.41. The number of hydrogen-bond acceptors (Lipinski definition) is 3. The topological polar surface area (TPSA) is 30.5 Å². The summed E-state index contributed by atoms with van der Waals surface area (Å²) in [7, 11) is 3.59. The van der Waals surface area contributed by atoms with E-state index in [1.807, 2.05) is 13.1 Å². The molecule has 0 bridgehead atoms. The summed E-state index contributed by atoms with van der Waals surface area (Å²) in [5.74, 6) is 1.71. The van der Waals surface area contributed by atoms with Gasteiger partial charge in [-0.15, -0.1) is 0 Å². The summed E-state index contributed by atoms with van der Waals surface area (Å²) < 4.78 is 10.9. The number of hydrogen-bond donors (Lipinski definition) is 1. The molecule has 0 atom stereocenters. The standard InChI is InChI=1S/C12H16ClNO2/c1-14-5-3-8-7-10-9(4-6-16-10)11(13)12(8)15-2/h7,14H,3-6H2,1-2H3. The maximum absolute atomic E-state index is 6.31. The minimum absolute atomic E-state index is 0.712. The van der Waals surface area contributed by atoms with Gasteiger partial charge in [0.1, 0.15) is 11.5 Å². The Kier molecular flexibility index (Phi) is 3.56. The molecule has 0 amide bonds. The Bertz CT molecular complexity index is 393. The van der Waals surface area contributed by atoms with Crippen molar-refractivity contribution < 1.29 is 9.47 Å². The molecule has 4 heteroatoms. The van der Waals surface area contributed by atoms with E-state index in [9.17, 15) is 0 Å². The van der Waals surface area contributed by atoms with Crippen molar-refractivity contribution in [1.82, 2.24) is 5.32 Å². The highest BCUT2D eigenvalue weighted by Gasteiger charge is 2.21. The molecule has 2 rings (SSSR count). The lowest BCUT2D eigenvalue weighted by molar-refractivity contribution is 0.356. The number of benzene rings is 1. The summed E-state index contributed by atoms with van der Waals surface area (Å²) in [4.78, 5) is 0.